The van der Waals surface area contributed by atoms with Crippen LogP contribution in [0.4, 0.5) is 0 Å². The molecule has 0 aliphatic carbocycles. The van der Waals surface area contributed by atoms with Crippen molar-refractivity contribution in [2.75, 3.05) is 13.6 Å². The van der Waals surface area contributed by atoms with Gasteiger partial charge in [-0.1, -0.05) is 36.8 Å². The number of likely N-dealkylation sites (N-methyl/N-ethyl adjacent to an activating group) is 1. The van der Waals surface area contributed by atoms with Gasteiger partial charge in [-0.25, -0.2) is 0 Å². The van der Waals surface area contributed by atoms with Crippen LogP contribution in [0.1, 0.15) is 35.6 Å². The first-order chi connectivity index (χ1) is 10.5. The van der Waals surface area contributed by atoms with Crippen molar-refractivity contribution in [3.05, 3.63) is 53.3 Å². The van der Waals surface area contributed by atoms with Crippen LogP contribution in [0.5, 0.6) is 0 Å². The summed E-state index contributed by atoms with van der Waals surface area (Å²) in [5.41, 5.74) is 3.34. The lowest BCUT2D eigenvalue weighted by molar-refractivity contribution is -0.123. The molecule has 2 N–H and O–H groups in total. The topological polar surface area (TPSA) is 59.0 Å². The summed E-state index contributed by atoms with van der Waals surface area (Å²) in [6.07, 6.45) is 3.56. The standard InChI is InChI=1S/C17H24N4O.ClH/c1-12-6-5-7-14(8-12)13(2)9-19-17(22)16(18-3)15-10-20-21(4)11-15;/h5-8,10-11,13,16,18H,9H2,1-4H3,(H,19,22);1H. The van der Waals surface area contributed by atoms with E-state index >= 15 is 0 Å². The van der Waals surface area contributed by atoms with Crippen LogP contribution in [-0.4, -0.2) is 29.3 Å². The number of hydrogen-bond acceptors (Lipinski definition) is 3. The van der Waals surface area contributed by atoms with Gasteiger partial charge in [-0.15, -0.1) is 12.4 Å². The SMILES string of the molecule is CNC(C(=O)NCC(C)c1cccc(C)c1)c1cnn(C)c1.Cl. The van der Waals surface area contributed by atoms with Gasteiger partial charge in [-0.05, 0) is 25.5 Å². The highest BCUT2D eigenvalue weighted by Crippen LogP contribution is 2.16. The highest BCUT2D eigenvalue weighted by atomic mass is 35.5. The minimum absolute atomic E-state index is 0. The summed E-state index contributed by atoms with van der Waals surface area (Å²) in [5, 5.41) is 10.2. The molecule has 0 bridgehead atoms. The second kappa shape index (κ2) is 8.70. The Morgan fingerprint density at radius 2 is 2.09 bits per heavy atom. The van der Waals surface area contributed by atoms with Crippen molar-refractivity contribution in [3.8, 4) is 0 Å². The smallest absolute Gasteiger partial charge is 0.241 e. The number of nitrogens with one attached hydrogen (secondary N) is 2. The van der Waals surface area contributed by atoms with Crippen LogP contribution in [0, 0.1) is 6.92 Å². The van der Waals surface area contributed by atoms with Crippen molar-refractivity contribution in [1.82, 2.24) is 20.4 Å². The van der Waals surface area contributed by atoms with Gasteiger partial charge in [0.2, 0.25) is 5.91 Å². The average Bonchev–Trinajstić information content (AvgIpc) is 2.91. The number of carbonyl (C=O) groups excluding carboxylic acids is 1. The van der Waals surface area contributed by atoms with E-state index in [-0.39, 0.29) is 30.3 Å². The Morgan fingerprint density at radius 1 is 1.35 bits per heavy atom. The summed E-state index contributed by atoms with van der Waals surface area (Å²) in [6, 6.07) is 8.01. The number of carbonyl (C=O) groups is 1. The first-order valence-electron chi connectivity index (χ1n) is 7.51. The van der Waals surface area contributed by atoms with E-state index in [0.717, 1.165) is 5.56 Å². The monoisotopic (exact) mass is 336 g/mol. The minimum atomic E-state index is -0.376. The van der Waals surface area contributed by atoms with E-state index in [1.807, 2.05) is 13.2 Å². The molecule has 0 saturated carbocycles. The molecule has 0 aliphatic heterocycles. The molecule has 126 valence electrons. The van der Waals surface area contributed by atoms with Crippen molar-refractivity contribution < 1.29 is 4.79 Å². The molecule has 2 aromatic rings. The molecule has 1 amide bonds. The zero-order chi connectivity index (χ0) is 16.1. The van der Waals surface area contributed by atoms with E-state index in [0.29, 0.717) is 6.54 Å². The predicted molar refractivity (Wildman–Crippen MR) is 94.9 cm³/mol. The molecule has 5 nitrogen and oxygen atoms in total. The van der Waals surface area contributed by atoms with Crippen molar-refractivity contribution in [1.29, 1.82) is 0 Å². The lowest BCUT2D eigenvalue weighted by Gasteiger charge is -2.18. The normalized spacial score (nSPS) is 13.0. The van der Waals surface area contributed by atoms with Crippen LogP contribution >= 0.6 is 12.4 Å². The van der Waals surface area contributed by atoms with Crippen LogP contribution in [0.25, 0.3) is 0 Å². The fourth-order valence-corrected chi connectivity index (χ4v) is 2.49. The maximum Gasteiger partial charge on any atom is 0.241 e. The number of rotatable bonds is 6. The van der Waals surface area contributed by atoms with Gasteiger partial charge >= 0.3 is 0 Å². The number of aryl methyl sites for hydroxylation is 2. The highest BCUT2D eigenvalue weighted by molar-refractivity contribution is 5.85. The van der Waals surface area contributed by atoms with Gasteiger partial charge in [0.05, 0.1) is 6.20 Å². The zero-order valence-corrected chi connectivity index (χ0v) is 14.9. The molecule has 0 fully saturated rings. The summed E-state index contributed by atoms with van der Waals surface area (Å²) in [7, 11) is 3.62. The minimum Gasteiger partial charge on any atom is -0.354 e. The average molecular weight is 337 g/mol. The van der Waals surface area contributed by atoms with Crippen LogP contribution in [0.15, 0.2) is 36.7 Å². The third-order valence-corrected chi connectivity index (χ3v) is 3.80. The molecule has 0 spiro atoms. The van der Waals surface area contributed by atoms with E-state index in [1.54, 1.807) is 17.9 Å². The molecular weight excluding hydrogens is 312 g/mol. The van der Waals surface area contributed by atoms with Crippen LogP contribution < -0.4 is 10.6 Å². The quantitative estimate of drug-likeness (QED) is 0.851. The zero-order valence-electron chi connectivity index (χ0n) is 14.0. The van der Waals surface area contributed by atoms with E-state index < -0.39 is 0 Å². The summed E-state index contributed by atoms with van der Waals surface area (Å²) < 4.78 is 1.70. The molecule has 6 heteroatoms. The lowest BCUT2D eigenvalue weighted by Crippen LogP contribution is -2.37. The number of benzene rings is 1. The molecule has 23 heavy (non-hydrogen) atoms. The third-order valence-electron chi connectivity index (χ3n) is 3.80. The maximum atomic E-state index is 12.4. The fourth-order valence-electron chi connectivity index (χ4n) is 2.49. The largest absolute Gasteiger partial charge is 0.354 e. The summed E-state index contributed by atoms with van der Waals surface area (Å²) in [4.78, 5) is 12.4. The molecule has 1 aromatic heterocycles. The Balaban J connectivity index is 0.00000264. The molecule has 2 rings (SSSR count). The van der Waals surface area contributed by atoms with Crippen molar-refractivity contribution in [2.45, 2.75) is 25.8 Å². The fraction of sp³-hybridized carbons (Fsp3) is 0.412. The second-order valence-electron chi connectivity index (χ2n) is 5.73. The Morgan fingerprint density at radius 3 is 2.65 bits per heavy atom. The summed E-state index contributed by atoms with van der Waals surface area (Å²) >= 11 is 0. The Bertz CT molecular complexity index is 641. The molecule has 2 unspecified atom stereocenters. The first kappa shape index (κ1) is 19.2. The lowest BCUT2D eigenvalue weighted by atomic mass is 9.99. The van der Waals surface area contributed by atoms with Gasteiger partial charge in [-0.2, -0.15) is 5.10 Å². The van der Waals surface area contributed by atoms with Crippen LogP contribution in [-0.2, 0) is 11.8 Å². The van der Waals surface area contributed by atoms with Crippen molar-refractivity contribution in [2.24, 2.45) is 7.05 Å². The Kier molecular flexibility index (Phi) is 7.26. The molecule has 1 aromatic carbocycles. The van der Waals surface area contributed by atoms with Crippen molar-refractivity contribution >= 4 is 18.3 Å². The highest BCUT2D eigenvalue weighted by Gasteiger charge is 2.20. The van der Waals surface area contributed by atoms with E-state index in [9.17, 15) is 4.79 Å². The van der Waals surface area contributed by atoms with Gasteiger partial charge in [-0.3, -0.25) is 9.48 Å². The Hall–Kier alpha value is -1.85. The summed E-state index contributed by atoms with van der Waals surface area (Å²) in [6.45, 7) is 4.81. The van der Waals surface area contributed by atoms with Crippen molar-refractivity contribution in [3.63, 3.8) is 0 Å². The van der Waals surface area contributed by atoms with Gasteiger partial charge in [0.15, 0.2) is 0 Å². The number of amides is 1. The number of nitrogens with zero attached hydrogens (tertiary/aromatic N) is 2. The summed E-state index contributed by atoms with van der Waals surface area (Å²) in [5.74, 6) is 0.241. The second-order valence-corrected chi connectivity index (χ2v) is 5.73. The van der Waals surface area contributed by atoms with Crippen LogP contribution in [0.2, 0.25) is 0 Å². The molecule has 0 aliphatic rings. The Labute approximate surface area is 143 Å². The molecule has 0 saturated heterocycles. The molecular formula is C17H25ClN4O. The number of halogens is 1. The predicted octanol–water partition coefficient (Wildman–Crippen LogP) is 2.33. The molecule has 0 radical (unpaired) electrons. The van der Waals surface area contributed by atoms with Gasteiger partial charge < -0.3 is 10.6 Å². The molecule has 2 atom stereocenters. The third kappa shape index (κ3) is 5.08. The van der Waals surface area contributed by atoms with E-state index in [1.165, 1.54) is 11.1 Å². The number of aromatic nitrogens is 2. The van der Waals surface area contributed by atoms with E-state index in [2.05, 4.69) is 53.8 Å². The number of hydrogen-bond donors (Lipinski definition) is 2. The van der Waals surface area contributed by atoms with Gasteiger partial charge in [0, 0.05) is 25.4 Å². The molecule has 1 heterocycles. The first-order valence-corrected chi connectivity index (χ1v) is 7.51. The van der Waals surface area contributed by atoms with Gasteiger partial charge in [0.25, 0.3) is 0 Å². The maximum absolute atomic E-state index is 12.4. The van der Waals surface area contributed by atoms with Gasteiger partial charge in [0.1, 0.15) is 6.04 Å². The van der Waals surface area contributed by atoms with E-state index in [4.69, 9.17) is 0 Å². The van der Waals surface area contributed by atoms with Crippen LogP contribution in [0.3, 0.4) is 0 Å².